The van der Waals surface area contributed by atoms with E-state index in [0.717, 1.165) is 12.1 Å². The zero-order chi connectivity index (χ0) is 17.5. The van der Waals surface area contributed by atoms with E-state index in [1.165, 1.54) is 0 Å². The number of aromatic nitrogens is 2. The maximum Gasteiger partial charge on any atom is 0.325 e. The van der Waals surface area contributed by atoms with Crippen molar-refractivity contribution in [2.75, 3.05) is 38.2 Å². The number of carbonyl (C=O) groups excluding carboxylic acids is 2. The van der Waals surface area contributed by atoms with Crippen molar-refractivity contribution < 1.29 is 14.3 Å². The summed E-state index contributed by atoms with van der Waals surface area (Å²) in [5.74, 6) is 0.271. The largest absolute Gasteiger partial charge is 0.465 e. The molecule has 0 radical (unpaired) electrons. The molecule has 132 valence electrons. The summed E-state index contributed by atoms with van der Waals surface area (Å²) in [6, 6.07) is 0.266. The second-order valence-corrected chi connectivity index (χ2v) is 5.93. The first-order valence-electron chi connectivity index (χ1n) is 8.18. The smallest absolute Gasteiger partial charge is 0.325 e. The SMILES string of the molecule is CCOC(=O)CN(C)c1ncc(CN2CCC(=O)NC[C@H]2C)cn1. The lowest BCUT2D eigenvalue weighted by atomic mass is 10.2. The summed E-state index contributed by atoms with van der Waals surface area (Å²) in [5.41, 5.74) is 0.976. The first kappa shape index (κ1) is 18.1. The Bertz CT molecular complexity index is 563. The van der Waals surface area contributed by atoms with Crippen molar-refractivity contribution >= 4 is 17.8 Å². The molecule has 1 aliphatic heterocycles. The maximum absolute atomic E-state index is 11.5. The summed E-state index contributed by atoms with van der Waals surface area (Å²) in [6.07, 6.45) is 4.03. The summed E-state index contributed by atoms with van der Waals surface area (Å²) in [6.45, 7) is 6.40. The predicted octanol–water partition coefficient (Wildman–Crippen LogP) is 0.186. The van der Waals surface area contributed by atoms with Crippen molar-refractivity contribution in [1.29, 1.82) is 0 Å². The highest BCUT2D eigenvalue weighted by Gasteiger charge is 2.20. The van der Waals surface area contributed by atoms with Gasteiger partial charge in [0.1, 0.15) is 6.54 Å². The molecule has 1 N–H and O–H groups in total. The Morgan fingerprint density at radius 2 is 2.17 bits per heavy atom. The molecule has 1 fully saturated rings. The Balaban J connectivity index is 1.93. The summed E-state index contributed by atoms with van der Waals surface area (Å²) in [4.78, 5) is 35.5. The van der Waals surface area contributed by atoms with Gasteiger partial charge in [-0.1, -0.05) is 0 Å². The van der Waals surface area contributed by atoms with Crippen LogP contribution in [0.3, 0.4) is 0 Å². The second kappa shape index (κ2) is 8.58. The number of ether oxygens (including phenoxy) is 1. The summed E-state index contributed by atoms with van der Waals surface area (Å²) in [7, 11) is 1.75. The summed E-state index contributed by atoms with van der Waals surface area (Å²) < 4.78 is 4.91. The fourth-order valence-corrected chi connectivity index (χ4v) is 2.51. The lowest BCUT2D eigenvalue weighted by Crippen LogP contribution is -2.37. The minimum absolute atomic E-state index is 0.0940. The monoisotopic (exact) mass is 335 g/mol. The highest BCUT2D eigenvalue weighted by Crippen LogP contribution is 2.12. The van der Waals surface area contributed by atoms with E-state index in [1.54, 1.807) is 31.3 Å². The van der Waals surface area contributed by atoms with E-state index in [-0.39, 0.29) is 24.5 Å². The number of esters is 1. The Labute approximate surface area is 142 Å². The van der Waals surface area contributed by atoms with E-state index in [0.29, 0.717) is 32.1 Å². The van der Waals surface area contributed by atoms with Crippen molar-refractivity contribution in [2.45, 2.75) is 32.9 Å². The number of hydrogen-bond donors (Lipinski definition) is 1. The molecule has 1 aliphatic rings. The lowest BCUT2D eigenvalue weighted by molar-refractivity contribution is -0.141. The second-order valence-electron chi connectivity index (χ2n) is 5.93. The fourth-order valence-electron chi connectivity index (χ4n) is 2.51. The van der Waals surface area contributed by atoms with Crippen LogP contribution < -0.4 is 10.2 Å². The van der Waals surface area contributed by atoms with Gasteiger partial charge < -0.3 is 15.0 Å². The zero-order valence-electron chi connectivity index (χ0n) is 14.5. The van der Waals surface area contributed by atoms with E-state index in [2.05, 4.69) is 27.1 Å². The molecule has 1 saturated heterocycles. The van der Waals surface area contributed by atoms with Crippen LogP contribution in [-0.4, -0.2) is 66.1 Å². The molecule has 0 spiro atoms. The number of amides is 1. The van der Waals surface area contributed by atoms with E-state index < -0.39 is 0 Å². The van der Waals surface area contributed by atoms with Gasteiger partial charge in [0, 0.05) is 57.1 Å². The Kier molecular flexibility index (Phi) is 6.48. The van der Waals surface area contributed by atoms with Crippen LogP contribution in [0.15, 0.2) is 12.4 Å². The van der Waals surface area contributed by atoms with Gasteiger partial charge in [0.15, 0.2) is 0 Å². The number of hydrogen-bond acceptors (Lipinski definition) is 7. The van der Waals surface area contributed by atoms with Crippen molar-refractivity contribution in [1.82, 2.24) is 20.2 Å². The van der Waals surface area contributed by atoms with E-state index in [4.69, 9.17) is 4.74 Å². The molecule has 24 heavy (non-hydrogen) atoms. The molecular weight excluding hydrogens is 310 g/mol. The third kappa shape index (κ3) is 5.16. The molecule has 0 bridgehead atoms. The van der Waals surface area contributed by atoms with Crippen LogP contribution in [0.25, 0.3) is 0 Å². The van der Waals surface area contributed by atoms with Gasteiger partial charge in [-0.3, -0.25) is 14.5 Å². The van der Waals surface area contributed by atoms with Crippen LogP contribution in [0.1, 0.15) is 25.8 Å². The third-order valence-corrected chi connectivity index (χ3v) is 3.93. The molecule has 2 heterocycles. The van der Waals surface area contributed by atoms with Gasteiger partial charge in [-0.05, 0) is 13.8 Å². The standard InChI is InChI=1S/C16H25N5O3/c1-4-24-15(23)11-20(3)16-18-8-13(9-19-16)10-21-6-5-14(22)17-7-12(21)2/h8-9,12H,4-7,10-11H2,1-3H3,(H,17,22)/t12-/m1/s1. The number of carbonyl (C=O) groups is 2. The van der Waals surface area contributed by atoms with Gasteiger partial charge in [0.2, 0.25) is 11.9 Å². The normalized spacial score (nSPS) is 18.6. The minimum Gasteiger partial charge on any atom is -0.465 e. The Morgan fingerprint density at radius 1 is 1.46 bits per heavy atom. The molecule has 1 aromatic rings. The molecule has 0 unspecified atom stereocenters. The third-order valence-electron chi connectivity index (χ3n) is 3.93. The molecule has 0 aliphatic carbocycles. The van der Waals surface area contributed by atoms with Gasteiger partial charge in [-0.2, -0.15) is 0 Å². The molecule has 2 rings (SSSR count). The predicted molar refractivity (Wildman–Crippen MR) is 89.4 cm³/mol. The van der Waals surface area contributed by atoms with Crippen molar-refractivity contribution in [3.63, 3.8) is 0 Å². The average Bonchev–Trinajstić information content (AvgIpc) is 2.71. The van der Waals surface area contributed by atoms with Crippen molar-refractivity contribution in [3.8, 4) is 0 Å². The number of likely N-dealkylation sites (N-methyl/N-ethyl adjacent to an activating group) is 1. The molecule has 0 saturated carbocycles. The van der Waals surface area contributed by atoms with E-state index in [9.17, 15) is 9.59 Å². The van der Waals surface area contributed by atoms with Gasteiger partial charge >= 0.3 is 5.97 Å². The lowest BCUT2D eigenvalue weighted by Gasteiger charge is -2.26. The van der Waals surface area contributed by atoms with E-state index in [1.807, 2.05) is 0 Å². The first-order valence-corrected chi connectivity index (χ1v) is 8.18. The van der Waals surface area contributed by atoms with Crippen LogP contribution in [-0.2, 0) is 20.9 Å². The first-order chi connectivity index (χ1) is 11.5. The fraction of sp³-hybridized carbons (Fsp3) is 0.625. The van der Waals surface area contributed by atoms with Crippen LogP contribution in [0, 0.1) is 0 Å². The molecular formula is C16H25N5O3. The van der Waals surface area contributed by atoms with Crippen molar-refractivity contribution in [2.24, 2.45) is 0 Å². The number of rotatable bonds is 6. The molecule has 1 amide bonds. The zero-order valence-corrected chi connectivity index (χ0v) is 14.5. The quantitative estimate of drug-likeness (QED) is 0.742. The van der Waals surface area contributed by atoms with Gasteiger partial charge in [0.25, 0.3) is 0 Å². The topological polar surface area (TPSA) is 87.7 Å². The number of nitrogens with one attached hydrogen (secondary N) is 1. The molecule has 1 atom stereocenters. The average molecular weight is 335 g/mol. The van der Waals surface area contributed by atoms with Crippen LogP contribution in [0.5, 0.6) is 0 Å². The van der Waals surface area contributed by atoms with Crippen molar-refractivity contribution in [3.05, 3.63) is 18.0 Å². The Hall–Kier alpha value is -2.22. The molecule has 1 aromatic heterocycles. The minimum atomic E-state index is -0.303. The number of anilines is 1. The Morgan fingerprint density at radius 3 is 2.83 bits per heavy atom. The van der Waals surface area contributed by atoms with Crippen LogP contribution in [0.4, 0.5) is 5.95 Å². The van der Waals surface area contributed by atoms with E-state index >= 15 is 0 Å². The summed E-state index contributed by atoms with van der Waals surface area (Å²) >= 11 is 0. The van der Waals surface area contributed by atoms with Gasteiger partial charge in [0.05, 0.1) is 6.61 Å². The molecule has 0 aromatic carbocycles. The van der Waals surface area contributed by atoms with Crippen LogP contribution in [0.2, 0.25) is 0 Å². The highest BCUT2D eigenvalue weighted by molar-refractivity contribution is 5.76. The maximum atomic E-state index is 11.5. The van der Waals surface area contributed by atoms with Gasteiger partial charge in [-0.25, -0.2) is 9.97 Å². The van der Waals surface area contributed by atoms with Gasteiger partial charge in [-0.15, -0.1) is 0 Å². The molecule has 8 nitrogen and oxygen atoms in total. The highest BCUT2D eigenvalue weighted by atomic mass is 16.5. The summed E-state index contributed by atoms with van der Waals surface area (Å²) in [5, 5.41) is 2.90. The molecule has 8 heteroatoms. The number of nitrogens with zero attached hydrogens (tertiary/aromatic N) is 4. The van der Waals surface area contributed by atoms with Crippen LogP contribution >= 0.6 is 0 Å².